The Morgan fingerprint density at radius 1 is 1.44 bits per heavy atom. The second-order valence-electron chi connectivity index (χ2n) is 4.01. The fourth-order valence-electron chi connectivity index (χ4n) is 1.70. The molecule has 0 fully saturated rings. The molecule has 84 valence electrons. The van der Waals surface area contributed by atoms with Gasteiger partial charge in [0.1, 0.15) is 0 Å². The maximum atomic E-state index is 5.86. The van der Waals surface area contributed by atoms with Crippen molar-refractivity contribution in [3.63, 3.8) is 0 Å². The van der Waals surface area contributed by atoms with Crippen molar-refractivity contribution in [2.75, 3.05) is 0 Å². The molecule has 2 N–H and O–H groups in total. The Kier molecular flexibility index (Phi) is 3.01. The summed E-state index contributed by atoms with van der Waals surface area (Å²) in [4.78, 5) is 8.58. The first-order valence-corrected chi connectivity index (χ1v) is 5.35. The number of hydrogen-bond donors (Lipinski definition) is 1. The summed E-state index contributed by atoms with van der Waals surface area (Å²) in [5, 5.41) is 0. The molecule has 4 heteroatoms. The van der Waals surface area contributed by atoms with Crippen LogP contribution in [0.15, 0.2) is 30.7 Å². The van der Waals surface area contributed by atoms with Crippen molar-refractivity contribution in [1.82, 2.24) is 14.5 Å². The largest absolute Gasteiger partial charge is 0.327 e. The van der Waals surface area contributed by atoms with Crippen molar-refractivity contribution in [2.45, 2.75) is 26.4 Å². The van der Waals surface area contributed by atoms with Crippen LogP contribution in [0.5, 0.6) is 0 Å². The fourth-order valence-corrected chi connectivity index (χ4v) is 1.70. The Morgan fingerprint density at radius 2 is 2.25 bits per heavy atom. The lowest BCUT2D eigenvalue weighted by atomic mass is 10.2. The van der Waals surface area contributed by atoms with Gasteiger partial charge in [-0.15, -0.1) is 0 Å². The second kappa shape index (κ2) is 4.45. The summed E-state index contributed by atoms with van der Waals surface area (Å²) in [5.41, 5.74) is 8.95. The van der Waals surface area contributed by atoms with Crippen LogP contribution in [0.25, 0.3) is 0 Å². The van der Waals surface area contributed by atoms with Gasteiger partial charge in [0.2, 0.25) is 0 Å². The Labute approximate surface area is 95.1 Å². The standard InChI is InChI=1S/C12H16N4/c1-9-4-3-5-11(15-9)7-16-8-14-6-12(16)10(2)13/h3-6,8,10H,7,13H2,1-2H3. The molecule has 2 aromatic rings. The number of aromatic nitrogens is 3. The average Bonchev–Trinajstić information content (AvgIpc) is 2.66. The van der Waals surface area contributed by atoms with Gasteiger partial charge in [0, 0.05) is 17.9 Å². The Morgan fingerprint density at radius 3 is 2.94 bits per heavy atom. The molecule has 0 spiro atoms. The van der Waals surface area contributed by atoms with Crippen LogP contribution >= 0.6 is 0 Å². The molecule has 16 heavy (non-hydrogen) atoms. The normalized spacial score (nSPS) is 12.7. The van der Waals surface area contributed by atoms with E-state index in [2.05, 4.69) is 9.97 Å². The van der Waals surface area contributed by atoms with Gasteiger partial charge in [0.25, 0.3) is 0 Å². The number of nitrogens with two attached hydrogens (primary N) is 1. The van der Waals surface area contributed by atoms with Gasteiger partial charge in [-0.1, -0.05) is 6.07 Å². The molecule has 1 unspecified atom stereocenters. The van der Waals surface area contributed by atoms with Crippen molar-refractivity contribution in [3.8, 4) is 0 Å². The van der Waals surface area contributed by atoms with E-state index in [9.17, 15) is 0 Å². The van der Waals surface area contributed by atoms with E-state index in [4.69, 9.17) is 5.73 Å². The molecule has 0 aliphatic heterocycles. The summed E-state index contributed by atoms with van der Waals surface area (Å²) in [5.74, 6) is 0. The van der Waals surface area contributed by atoms with Gasteiger partial charge in [-0.25, -0.2) is 4.98 Å². The Balaban J connectivity index is 2.24. The van der Waals surface area contributed by atoms with Gasteiger partial charge in [0.05, 0.1) is 24.3 Å². The predicted octanol–water partition coefficient (Wildman–Crippen LogP) is 1.65. The molecule has 2 heterocycles. The van der Waals surface area contributed by atoms with Crippen molar-refractivity contribution in [1.29, 1.82) is 0 Å². The minimum absolute atomic E-state index is 0.00712. The summed E-state index contributed by atoms with van der Waals surface area (Å²) < 4.78 is 2.03. The van der Waals surface area contributed by atoms with E-state index in [0.717, 1.165) is 23.6 Å². The van der Waals surface area contributed by atoms with E-state index >= 15 is 0 Å². The highest BCUT2D eigenvalue weighted by atomic mass is 15.1. The van der Waals surface area contributed by atoms with Crippen LogP contribution in [0.1, 0.15) is 30.0 Å². The first-order chi connectivity index (χ1) is 7.66. The molecule has 0 saturated carbocycles. The summed E-state index contributed by atoms with van der Waals surface area (Å²) in [6, 6.07) is 6.01. The summed E-state index contributed by atoms with van der Waals surface area (Å²) >= 11 is 0. The zero-order valence-corrected chi connectivity index (χ0v) is 9.59. The highest BCUT2D eigenvalue weighted by Crippen LogP contribution is 2.10. The molecule has 0 radical (unpaired) electrons. The quantitative estimate of drug-likeness (QED) is 0.848. The van der Waals surface area contributed by atoms with Crippen molar-refractivity contribution >= 4 is 0 Å². The van der Waals surface area contributed by atoms with Gasteiger partial charge >= 0.3 is 0 Å². The SMILES string of the molecule is Cc1cccc(Cn2cncc2C(C)N)n1. The van der Waals surface area contributed by atoms with Crippen LogP contribution in [0.4, 0.5) is 0 Å². The summed E-state index contributed by atoms with van der Waals surface area (Å²) in [6.07, 6.45) is 3.60. The molecule has 2 aromatic heterocycles. The van der Waals surface area contributed by atoms with Crippen LogP contribution in [0, 0.1) is 6.92 Å². The van der Waals surface area contributed by atoms with Gasteiger partial charge < -0.3 is 10.3 Å². The molecule has 0 aliphatic carbocycles. The van der Waals surface area contributed by atoms with E-state index in [0.29, 0.717) is 0 Å². The van der Waals surface area contributed by atoms with Crippen molar-refractivity contribution in [3.05, 3.63) is 47.8 Å². The third-order valence-corrected chi connectivity index (χ3v) is 2.49. The minimum atomic E-state index is -0.00712. The Hall–Kier alpha value is -1.68. The molecular weight excluding hydrogens is 200 g/mol. The molecule has 0 aliphatic rings. The predicted molar refractivity (Wildman–Crippen MR) is 62.9 cm³/mol. The van der Waals surface area contributed by atoms with E-state index < -0.39 is 0 Å². The van der Waals surface area contributed by atoms with Crippen molar-refractivity contribution in [2.24, 2.45) is 5.73 Å². The molecule has 2 rings (SSSR count). The van der Waals surface area contributed by atoms with Gasteiger partial charge in [-0.3, -0.25) is 4.98 Å². The minimum Gasteiger partial charge on any atom is -0.327 e. The van der Waals surface area contributed by atoms with E-state index in [1.54, 1.807) is 12.5 Å². The molecule has 0 bridgehead atoms. The van der Waals surface area contributed by atoms with E-state index in [1.165, 1.54) is 0 Å². The molecule has 0 saturated heterocycles. The zero-order valence-electron chi connectivity index (χ0n) is 9.59. The van der Waals surface area contributed by atoms with Crippen LogP contribution in [-0.2, 0) is 6.54 Å². The summed E-state index contributed by atoms with van der Waals surface area (Å²) in [7, 11) is 0. The Bertz CT molecular complexity index is 473. The number of imidazole rings is 1. The second-order valence-corrected chi connectivity index (χ2v) is 4.01. The first kappa shape index (κ1) is 10.8. The molecular formula is C12H16N4. The van der Waals surface area contributed by atoms with E-state index in [1.807, 2.05) is 36.6 Å². The van der Waals surface area contributed by atoms with E-state index in [-0.39, 0.29) is 6.04 Å². The van der Waals surface area contributed by atoms with Gasteiger partial charge in [-0.2, -0.15) is 0 Å². The highest BCUT2D eigenvalue weighted by Gasteiger charge is 2.07. The fraction of sp³-hybridized carbons (Fsp3) is 0.333. The van der Waals surface area contributed by atoms with Crippen LogP contribution in [0.2, 0.25) is 0 Å². The topological polar surface area (TPSA) is 56.7 Å². The third-order valence-electron chi connectivity index (χ3n) is 2.49. The zero-order chi connectivity index (χ0) is 11.5. The average molecular weight is 216 g/mol. The van der Waals surface area contributed by atoms with Gasteiger partial charge in [-0.05, 0) is 26.0 Å². The lowest BCUT2D eigenvalue weighted by molar-refractivity contribution is 0.665. The maximum absolute atomic E-state index is 5.86. The molecule has 0 aromatic carbocycles. The summed E-state index contributed by atoms with van der Waals surface area (Å²) in [6.45, 7) is 4.67. The highest BCUT2D eigenvalue weighted by molar-refractivity contribution is 5.12. The van der Waals surface area contributed by atoms with Crippen LogP contribution < -0.4 is 5.73 Å². The first-order valence-electron chi connectivity index (χ1n) is 5.35. The maximum Gasteiger partial charge on any atom is 0.0952 e. The third kappa shape index (κ3) is 2.28. The monoisotopic (exact) mass is 216 g/mol. The van der Waals surface area contributed by atoms with Crippen LogP contribution in [-0.4, -0.2) is 14.5 Å². The number of pyridine rings is 1. The van der Waals surface area contributed by atoms with Crippen LogP contribution in [0.3, 0.4) is 0 Å². The lowest BCUT2D eigenvalue weighted by Crippen LogP contribution is -2.13. The number of hydrogen-bond acceptors (Lipinski definition) is 3. The molecule has 4 nitrogen and oxygen atoms in total. The lowest BCUT2D eigenvalue weighted by Gasteiger charge is -2.10. The number of nitrogens with zero attached hydrogens (tertiary/aromatic N) is 3. The molecule has 0 amide bonds. The molecule has 1 atom stereocenters. The smallest absolute Gasteiger partial charge is 0.0952 e. The number of aryl methyl sites for hydroxylation is 1. The van der Waals surface area contributed by atoms with Crippen molar-refractivity contribution < 1.29 is 0 Å². The van der Waals surface area contributed by atoms with Gasteiger partial charge in [0.15, 0.2) is 0 Å². The number of rotatable bonds is 3.